The van der Waals surface area contributed by atoms with Crippen molar-refractivity contribution >= 4 is 39.2 Å². The first-order valence-corrected chi connectivity index (χ1v) is 10.7. The molecular formula is C23H27F3N4O4. The number of pyridine rings is 1. The molecule has 3 rings (SSSR count). The Labute approximate surface area is 193 Å². The Hall–Kier alpha value is -3.44. The third-order valence-electron chi connectivity index (χ3n) is 4.85. The van der Waals surface area contributed by atoms with E-state index >= 15 is 0 Å². The maximum atomic E-state index is 12.2. The van der Waals surface area contributed by atoms with E-state index in [4.69, 9.17) is 15.6 Å². The summed E-state index contributed by atoms with van der Waals surface area (Å²) in [7, 11) is 0. The van der Waals surface area contributed by atoms with Crippen molar-refractivity contribution in [2.75, 3.05) is 25.0 Å². The lowest BCUT2D eigenvalue weighted by Gasteiger charge is -2.09. The second-order valence-electron chi connectivity index (χ2n) is 7.49. The van der Waals surface area contributed by atoms with E-state index in [0.29, 0.717) is 5.39 Å². The van der Waals surface area contributed by atoms with Gasteiger partial charge in [-0.2, -0.15) is 13.2 Å². The Kier molecular flexibility index (Phi) is 10.0. The van der Waals surface area contributed by atoms with Crippen LogP contribution in [0, 0.1) is 0 Å². The van der Waals surface area contributed by atoms with Crippen molar-refractivity contribution < 1.29 is 27.9 Å². The number of nitrogens with two attached hydrogens (primary N) is 1. The molecule has 11 heteroatoms. The molecule has 8 nitrogen and oxygen atoms in total. The number of anilines is 1. The molecule has 1 amide bonds. The van der Waals surface area contributed by atoms with Crippen LogP contribution in [0.5, 0.6) is 0 Å². The summed E-state index contributed by atoms with van der Waals surface area (Å²) >= 11 is 0. The van der Waals surface area contributed by atoms with Crippen LogP contribution in [0.1, 0.15) is 25.7 Å². The fraction of sp³-hybridized carbons (Fsp3) is 0.348. The summed E-state index contributed by atoms with van der Waals surface area (Å²) in [6, 6.07) is 13.0. The highest BCUT2D eigenvalue weighted by Crippen LogP contribution is 2.24. The molecule has 1 aromatic heterocycles. The highest BCUT2D eigenvalue weighted by atomic mass is 19.4. The van der Waals surface area contributed by atoms with Gasteiger partial charge in [0, 0.05) is 22.0 Å². The van der Waals surface area contributed by atoms with Crippen LogP contribution in [-0.2, 0) is 9.59 Å². The number of carbonyl (C=O) groups is 2. The molecule has 0 saturated heterocycles. The van der Waals surface area contributed by atoms with Crippen molar-refractivity contribution in [3.05, 3.63) is 52.8 Å². The van der Waals surface area contributed by atoms with Crippen LogP contribution >= 0.6 is 0 Å². The monoisotopic (exact) mass is 480 g/mol. The van der Waals surface area contributed by atoms with Crippen molar-refractivity contribution in [2.24, 2.45) is 5.73 Å². The maximum Gasteiger partial charge on any atom is 0.490 e. The molecule has 0 aliphatic carbocycles. The van der Waals surface area contributed by atoms with Crippen LogP contribution in [0.15, 0.2) is 47.3 Å². The molecule has 0 aliphatic rings. The third-order valence-corrected chi connectivity index (χ3v) is 4.85. The van der Waals surface area contributed by atoms with E-state index < -0.39 is 12.1 Å². The van der Waals surface area contributed by atoms with Crippen molar-refractivity contribution in [1.29, 1.82) is 0 Å². The second-order valence-corrected chi connectivity index (χ2v) is 7.49. The molecule has 3 aromatic rings. The number of aromatic amines is 1. The van der Waals surface area contributed by atoms with E-state index in [0.717, 1.165) is 60.7 Å². The fourth-order valence-electron chi connectivity index (χ4n) is 3.21. The van der Waals surface area contributed by atoms with E-state index in [1.54, 1.807) is 12.1 Å². The first-order valence-electron chi connectivity index (χ1n) is 10.7. The number of aliphatic carboxylic acids is 1. The predicted octanol–water partition coefficient (Wildman–Crippen LogP) is 3.36. The largest absolute Gasteiger partial charge is 0.490 e. The molecular weight excluding hydrogens is 453 g/mol. The van der Waals surface area contributed by atoms with Crippen LogP contribution in [0.25, 0.3) is 21.7 Å². The van der Waals surface area contributed by atoms with Gasteiger partial charge in [-0.3, -0.25) is 9.59 Å². The van der Waals surface area contributed by atoms with Gasteiger partial charge in [0.15, 0.2) is 0 Å². The number of amides is 1. The number of hydrogen-bond acceptors (Lipinski definition) is 5. The van der Waals surface area contributed by atoms with Gasteiger partial charge in [0.2, 0.25) is 5.91 Å². The molecule has 0 atom stereocenters. The van der Waals surface area contributed by atoms with Gasteiger partial charge in [-0.15, -0.1) is 0 Å². The van der Waals surface area contributed by atoms with Crippen LogP contribution in [-0.4, -0.2) is 47.8 Å². The molecule has 34 heavy (non-hydrogen) atoms. The standard InChI is InChI=1S/C21H26N4O2.C2HF3O2/c22-11-5-1-2-6-12-23-14-20(26)24-15-9-10-19-18(13-15)16-7-3-4-8-17(16)21(27)25-19;3-2(4,5)1(6)7/h3-4,7-10,13,23H,1-2,5-6,11-12,14,22H2,(H,24,26)(H,25,27);(H,6,7). The van der Waals surface area contributed by atoms with Crippen molar-refractivity contribution in [1.82, 2.24) is 10.3 Å². The Morgan fingerprint density at radius 1 is 0.971 bits per heavy atom. The molecule has 184 valence electrons. The smallest absolute Gasteiger partial charge is 0.475 e. The molecule has 0 bridgehead atoms. The molecule has 0 saturated carbocycles. The summed E-state index contributed by atoms with van der Waals surface area (Å²) < 4.78 is 31.7. The van der Waals surface area contributed by atoms with E-state index in [2.05, 4.69) is 15.6 Å². The average molecular weight is 480 g/mol. The summed E-state index contributed by atoms with van der Waals surface area (Å²) in [5.41, 5.74) is 6.84. The van der Waals surface area contributed by atoms with Crippen LogP contribution < -0.4 is 21.9 Å². The number of unbranched alkanes of at least 4 members (excludes halogenated alkanes) is 3. The number of alkyl halides is 3. The molecule has 6 N–H and O–H groups in total. The van der Waals surface area contributed by atoms with Gasteiger partial charge >= 0.3 is 12.1 Å². The number of carbonyl (C=O) groups excluding carboxylic acids is 1. The number of benzene rings is 2. The van der Waals surface area contributed by atoms with E-state index in [1.807, 2.05) is 30.3 Å². The van der Waals surface area contributed by atoms with Crippen molar-refractivity contribution in [2.45, 2.75) is 31.9 Å². The van der Waals surface area contributed by atoms with Gasteiger partial charge in [-0.1, -0.05) is 31.0 Å². The Morgan fingerprint density at radius 2 is 1.62 bits per heavy atom. The number of carboxylic acids is 1. The van der Waals surface area contributed by atoms with Gasteiger partial charge in [-0.25, -0.2) is 4.79 Å². The fourth-order valence-corrected chi connectivity index (χ4v) is 3.21. The zero-order valence-electron chi connectivity index (χ0n) is 18.4. The van der Waals surface area contributed by atoms with Gasteiger partial charge < -0.3 is 26.5 Å². The van der Waals surface area contributed by atoms with E-state index in [-0.39, 0.29) is 18.0 Å². The topological polar surface area (TPSA) is 137 Å². The molecule has 0 radical (unpaired) electrons. The molecule has 2 aromatic carbocycles. The van der Waals surface area contributed by atoms with Gasteiger partial charge in [0.05, 0.1) is 6.54 Å². The summed E-state index contributed by atoms with van der Waals surface area (Å²) in [6.07, 6.45) is -0.718. The highest BCUT2D eigenvalue weighted by Gasteiger charge is 2.38. The number of fused-ring (bicyclic) bond motifs is 3. The minimum atomic E-state index is -5.08. The zero-order valence-corrected chi connectivity index (χ0v) is 18.4. The summed E-state index contributed by atoms with van der Waals surface area (Å²) in [6.45, 7) is 1.84. The zero-order chi connectivity index (χ0) is 25.1. The second kappa shape index (κ2) is 12.7. The number of nitrogens with one attached hydrogen (secondary N) is 3. The number of carboxylic acid groups (broad SMARTS) is 1. The third kappa shape index (κ3) is 8.16. The summed E-state index contributed by atoms with van der Waals surface area (Å²) in [4.78, 5) is 36.1. The van der Waals surface area contributed by atoms with E-state index in [1.165, 1.54) is 0 Å². The Bertz CT molecular complexity index is 1180. The lowest BCUT2D eigenvalue weighted by atomic mass is 10.1. The minimum absolute atomic E-state index is 0.0787. The molecule has 1 heterocycles. The first-order chi connectivity index (χ1) is 16.1. The van der Waals surface area contributed by atoms with Gasteiger partial charge in [-0.05, 0) is 55.6 Å². The number of rotatable bonds is 9. The minimum Gasteiger partial charge on any atom is -0.475 e. The lowest BCUT2D eigenvalue weighted by molar-refractivity contribution is -0.192. The molecule has 0 fully saturated rings. The Balaban J connectivity index is 0.000000509. The average Bonchev–Trinajstić information content (AvgIpc) is 2.79. The highest BCUT2D eigenvalue weighted by molar-refractivity contribution is 6.07. The number of hydrogen-bond donors (Lipinski definition) is 5. The number of aromatic nitrogens is 1. The van der Waals surface area contributed by atoms with Gasteiger partial charge in [0.1, 0.15) is 0 Å². The van der Waals surface area contributed by atoms with Crippen LogP contribution in [0.2, 0.25) is 0 Å². The molecule has 0 spiro atoms. The van der Waals surface area contributed by atoms with Crippen LogP contribution in [0.3, 0.4) is 0 Å². The Morgan fingerprint density at radius 3 is 2.26 bits per heavy atom. The number of halogens is 3. The van der Waals surface area contributed by atoms with Crippen molar-refractivity contribution in [3.63, 3.8) is 0 Å². The van der Waals surface area contributed by atoms with Gasteiger partial charge in [0.25, 0.3) is 5.56 Å². The summed E-state index contributed by atoms with van der Waals surface area (Å²) in [5, 5.41) is 15.6. The predicted molar refractivity (Wildman–Crippen MR) is 125 cm³/mol. The lowest BCUT2D eigenvalue weighted by Crippen LogP contribution is -2.28. The van der Waals surface area contributed by atoms with E-state index in [9.17, 15) is 22.8 Å². The summed E-state index contributed by atoms with van der Waals surface area (Å²) in [5.74, 6) is -2.84. The number of H-pyrrole nitrogens is 1. The molecule has 0 unspecified atom stereocenters. The maximum absolute atomic E-state index is 12.2. The molecule has 0 aliphatic heterocycles. The quantitative estimate of drug-likeness (QED) is 0.235. The van der Waals surface area contributed by atoms with Crippen molar-refractivity contribution in [3.8, 4) is 0 Å². The van der Waals surface area contributed by atoms with Crippen LogP contribution in [0.4, 0.5) is 18.9 Å². The SMILES string of the molecule is NCCCCCCNCC(=O)Nc1ccc2[nH]c(=O)c3ccccc3c2c1.O=C(O)C(F)(F)F. The first kappa shape index (κ1) is 26.8. The normalized spacial score (nSPS) is 11.2.